The van der Waals surface area contributed by atoms with Gasteiger partial charge in [0.05, 0.1) is 13.2 Å². The lowest BCUT2D eigenvalue weighted by atomic mass is 9.94. The lowest BCUT2D eigenvalue weighted by Gasteiger charge is -2.24. The zero-order chi connectivity index (χ0) is 15.5. The summed E-state index contributed by atoms with van der Waals surface area (Å²) in [5.41, 5.74) is 6.99. The molecule has 0 spiro atoms. The van der Waals surface area contributed by atoms with Crippen molar-refractivity contribution in [2.45, 2.75) is 38.1 Å². The predicted octanol–water partition coefficient (Wildman–Crippen LogP) is 3.06. The molecule has 0 aliphatic heterocycles. The second-order valence-electron chi connectivity index (χ2n) is 6.63. The predicted molar refractivity (Wildman–Crippen MR) is 93.7 cm³/mol. The van der Waals surface area contributed by atoms with Crippen LogP contribution in [-0.4, -0.2) is 19.6 Å². The van der Waals surface area contributed by atoms with Crippen molar-refractivity contribution in [2.24, 2.45) is 23.5 Å². The molecule has 0 radical (unpaired) electrons. The summed E-state index contributed by atoms with van der Waals surface area (Å²) in [5.74, 6) is 2.08. The molecule has 23 heavy (non-hydrogen) atoms. The normalized spacial score (nSPS) is 24.6. The number of hydrogen-bond donors (Lipinski definition) is 2. The Kier molecular flexibility index (Phi) is 6.31. The Bertz CT molecular complexity index is 516. The SMILES string of the molecule is COc1ccc(C(NC(=O)[C@@H]2CCC[C@@H]2CN)C2CC2)cc1.Cl. The molecule has 2 fully saturated rings. The molecule has 0 heterocycles. The third-order valence-electron chi connectivity index (χ3n) is 5.16. The molecule has 4 nitrogen and oxygen atoms in total. The molecule has 3 atom stereocenters. The molecule has 3 N–H and O–H groups in total. The first kappa shape index (κ1) is 18.1. The van der Waals surface area contributed by atoms with E-state index in [9.17, 15) is 4.79 Å². The van der Waals surface area contributed by atoms with Gasteiger partial charge in [-0.15, -0.1) is 12.4 Å². The van der Waals surface area contributed by atoms with E-state index in [-0.39, 0.29) is 30.3 Å². The van der Waals surface area contributed by atoms with Gasteiger partial charge < -0.3 is 15.8 Å². The number of amides is 1. The minimum atomic E-state index is 0. The van der Waals surface area contributed by atoms with Crippen LogP contribution in [0.2, 0.25) is 0 Å². The molecule has 2 aliphatic rings. The van der Waals surface area contributed by atoms with Gasteiger partial charge in [0.25, 0.3) is 0 Å². The average Bonchev–Trinajstić information content (AvgIpc) is 3.28. The summed E-state index contributed by atoms with van der Waals surface area (Å²) in [4.78, 5) is 12.7. The third kappa shape index (κ3) is 4.18. The fourth-order valence-corrected chi connectivity index (χ4v) is 3.64. The number of carbonyl (C=O) groups is 1. The highest BCUT2D eigenvalue weighted by Crippen LogP contribution is 2.42. The molecule has 1 amide bonds. The van der Waals surface area contributed by atoms with Crippen LogP contribution in [0.5, 0.6) is 5.75 Å². The number of hydrogen-bond acceptors (Lipinski definition) is 3. The highest BCUT2D eigenvalue weighted by Gasteiger charge is 2.37. The second-order valence-corrected chi connectivity index (χ2v) is 6.63. The standard InChI is InChI=1S/C18H26N2O2.ClH/c1-22-15-9-7-13(8-10-15)17(12-5-6-12)20-18(21)16-4-2-3-14(16)11-19;/h7-10,12,14,16-17H,2-6,11,19H2,1H3,(H,20,21);1H/t14-,16-,17?;/m1./s1. The molecule has 5 heteroatoms. The van der Waals surface area contributed by atoms with Gasteiger partial charge in [-0.25, -0.2) is 0 Å². The van der Waals surface area contributed by atoms with Crippen molar-refractivity contribution in [3.05, 3.63) is 29.8 Å². The van der Waals surface area contributed by atoms with E-state index in [1.807, 2.05) is 12.1 Å². The maximum atomic E-state index is 12.7. The maximum absolute atomic E-state index is 12.7. The molecule has 0 aromatic heterocycles. The maximum Gasteiger partial charge on any atom is 0.223 e. The van der Waals surface area contributed by atoms with Gasteiger partial charge >= 0.3 is 0 Å². The van der Waals surface area contributed by atoms with Crippen molar-refractivity contribution in [2.75, 3.05) is 13.7 Å². The van der Waals surface area contributed by atoms with Gasteiger partial charge in [-0.05, 0) is 61.8 Å². The number of nitrogens with one attached hydrogen (secondary N) is 1. The minimum absolute atomic E-state index is 0. The largest absolute Gasteiger partial charge is 0.497 e. The Morgan fingerprint density at radius 3 is 2.52 bits per heavy atom. The Hall–Kier alpha value is -1.26. The number of ether oxygens (including phenoxy) is 1. The Balaban J connectivity index is 0.00000192. The van der Waals surface area contributed by atoms with Crippen LogP contribution < -0.4 is 15.8 Å². The van der Waals surface area contributed by atoms with Gasteiger partial charge in [0.15, 0.2) is 0 Å². The van der Waals surface area contributed by atoms with Crippen LogP contribution in [0.1, 0.15) is 43.7 Å². The molecule has 1 aromatic rings. The van der Waals surface area contributed by atoms with Gasteiger partial charge in [0, 0.05) is 5.92 Å². The quantitative estimate of drug-likeness (QED) is 0.837. The summed E-state index contributed by atoms with van der Waals surface area (Å²) in [6.07, 6.45) is 5.58. The van der Waals surface area contributed by atoms with Crippen molar-refractivity contribution >= 4 is 18.3 Å². The smallest absolute Gasteiger partial charge is 0.223 e. The van der Waals surface area contributed by atoms with E-state index in [1.54, 1.807) is 7.11 Å². The van der Waals surface area contributed by atoms with Crippen molar-refractivity contribution in [3.8, 4) is 5.75 Å². The molecule has 3 rings (SSSR count). The molecule has 2 saturated carbocycles. The van der Waals surface area contributed by atoms with E-state index >= 15 is 0 Å². The zero-order valence-corrected chi connectivity index (χ0v) is 14.5. The van der Waals surface area contributed by atoms with Crippen LogP contribution >= 0.6 is 12.4 Å². The average molecular weight is 339 g/mol. The van der Waals surface area contributed by atoms with Crippen LogP contribution in [0.3, 0.4) is 0 Å². The van der Waals surface area contributed by atoms with E-state index in [0.29, 0.717) is 18.4 Å². The van der Waals surface area contributed by atoms with Crippen LogP contribution in [0.15, 0.2) is 24.3 Å². The van der Waals surface area contributed by atoms with Crippen molar-refractivity contribution < 1.29 is 9.53 Å². The van der Waals surface area contributed by atoms with Crippen molar-refractivity contribution in [1.82, 2.24) is 5.32 Å². The summed E-state index contributed by atoms with van der Waals surface area (Å²) in [6.45, 7) is 0.620. The fourth-order valence-electron chi connectivity index (χ4n) is 3.64. The minimum Gasteiger partial charge on any atom is -0.497 e. The molecule has 128 valence electrons. The molecule has 1 aromatic carbocycles. The molecule has 0 saturated heterocycles. The molecule has 2 aliphatic carbocycles. The Morgan fingerprint density at radius 1 is 1.26 bits per heavy atom. The lowest BCUT2D eigenvalue weighted by Crippen LogP contribution is -2.38. The zero-order valence-electron chi connectivity index (χ0n) is 13.7. The summed E-state index contributed by atoms with van der Waals surface area (Å²) < 4.78 is 5.21. The molecule has 0 bridgehead atoms. The van der Waals surface area contributed by atoms with Crippen LogP contribution in [-0.2, 0) is 4.79 Å². The number of benzene rings is 1. The van der Waals surface area contributed by atoms with Crippen molar-refractivity contribution in [3.63, 3.8) is 0 Å². The fraction of sp³-hybridized carbons (Fsp3) is 0.611. The first-order valence-corrected chi connectivity index (χ1v) is 8.37. The first-order chi connectivity index (χ1) is 10.7. The highest BCUT2D eigenvalue weighted by molar-refractivity contribution is 5.85. The Morgan fingerprint density at radius 2 is 1.96 bits per heavy atom. The van der Waals surface area contributed by atoms with Gasteiger partial charge in [-0.1, -0.05) is 18.6 Å². The van der Waals surface area contributed by atoms with Gasteiger partial charge in [0.2, 0.25) is 5.91 Å². The van der Waals surface area contributed by atoms with E-state index in [1.165, 1.54) is 18.4 Å². The Labute approximate surface area is 144 Å². The number of halogens is 1. The summed E-state index contributed by atoms with van der Waals surface area (Å²) in [5, 5.41) is 3.30. The van der Waals surface area contributed by atoms with E-state index in [0.717, 1.165) is 25.0 Å². The first-order valence-electron chi connectivity index (χ1n) is 8.37. The molecule has 1 unspecified atom stereocenters. The number of methoxy groups -OCH3 is 1. The number of nitrogens with two attached hydrogens (primary N) is 1. The van der Waals surface area contributed by atoms with E-state index in [4.69, 9.17) is 10.5 Å². The van der Waals surface area contributed by atoms with Gasteiger partial charge in [-0.3, -0.25) is 4.79 Å². The topological polar surface area (TPSA) is 64.3 Å². The highest BCUT2D eigenvalue weighted by atomic mass is 35.5. The van der Waals surface area contributed by atoms with E-state index in [2.05, 4.69) is 17.4 Å². The van der Waals surface area contributed by atoms with Crippen LogP contribution in [0.4, 0.5) is 0 Å². The van der Waals surface area contributed by atoms with Gasteiger partial charge in [0.1, 0.15) is 5.75 Å². The van der Waals surface area contributed by atoms with E-state index < -0.39 is 0 Å². The summed E-state index contributed by atoms with van der Waals surface area (Å²) in [6, 6.07) is 8.20. The van der Waals surface area contributed by atoms with Crippen LogP contribution in [0.25, 0.3) is 0 Å². The number of carbonyl (C=O) groups excluding carboxylic acids is 1. The molecular weight excluding hydrogens is 312 g/mol. The summed E-state index contributed by atoms with van der Waals surface area (Å²) in [7, 11) is 1.67. The third-order valence-corrected chi connectivity index (χ3v) is 5.16. The summed E-state index contributed by atoms with van der Waals surface area (Å²) >= 11 is 0. The monoisotopic (exact) mass is 338 g/mol. The second kappa shape index (κ2) is 8.02. The lowest BCUT2D eigenvalue weighted by molar-refractivity contribution is -0.126. The van der Waals surface area contributed by atoms with Crippen LogP contribution in [0, 0.1) is 17.8 Å². The van der Waals surface area contributed by atoms with Gasteiger partial charge in [-0.2, -0.15) is 0 Å². The molecular formula is C18H27ClN2O2. The number of rotatable bonds is 6. The van der Waals surface area contributed by atoms with Crippen molar-refractivity contribution in [1.29, 1.82) is 0 Å².